The minimum atomic E-state index is 0.246. The molecule has 74 valence electrons. The summed E-state index contributed by atoms with van der Waals surface area (Å²) in [5.41, 5.74) is 0. The smallest absolute Gasteiger partial charge is 0.0558 e. The summed E-state index contributed by atoms with van der Waals surface area (Å²) in [4.78, 5) is 2.13. The third-order valence-electron chi connectivity index (χ3n) is 2.03. The summed E-state index contributed by atoms with van der Waals surface area (Å²) in [6.45, 7) is 4.12. The second kappa shape index (κ2) is 7.53. The summed E-state index contributed by atoms with van der Waals surface area (Å²) in [7, 11) is 3.76. The van der Waals surface area contributed by atoms with Crippen molar-refractivity contribution in [3.63, 3.8) is 0 Å². The summed E-state index contributed by atoms with van der Waals surface area (Å²) in [6.07, 6.45) is 2.57. The van der Waals surface area contributed by atoms with E-state index >= 15 is 0 Å². The molecule has 0 radical (unpaired) electrons. The van der Waals surface area contributed by atoms with Gasteiger partial charge in [-0.3, -0.25) is 0 Å². The molecule has 1 N–H and O–H groups in total. The van der Waals surface area contributed by atoms with Gasteiger partial charge in [-0.2, -0.15) is 0 Å². The quantitative estimate of drug-likeness (QED) is 0.619. The minimum Gasteiger partial charge on any atom is -0.395 e. The van der Waals surface area contributed by atoms with Crippen molar-refractivity contribution < 1.29 is 9.84 Å². The van der Waals surface area contributed by atoms with Crippen molar-refractivity contribution in [1.29, 1.82) is 0 Å². The Hall–Kier alpha value is -0.120. The molecular weight excluding hydrogens is 154 g/mol. The monoisotopic (exact) mass is 175 g/mol. The third-order valence-corrected chi connectivity index (χ3v) is 2.03. The molecule has 0 fully saturated rings. The lowest BCUT2D eigenvalue weighted by atomic mass is 10.2. The molecule has 0 bridgehead atoms. The van der Waals surface area contributed by atoms with E-state index in [9.17, 15) is 0 Å². The Morgan fingerprint density at radius 3 is 2.58 bits per heavy atom. The Morgan fingerprint density at radius 1 is 1.42 bits per heavy atom. The van der Waals surface area contributed by atoms with Crippen LogP contribution in [0, 0.1) is 0 Å². The Bertz CT molecular complexity index is 98.5. The second-order valence-corrected chi connectivity index (χ2v) is 3.22. The number of aliphatic hydroxyl groups excluding tert-OH is 1. The molecule has 0 heterocycles. The lowest BCUT2D eigenvalue weighted by Crippen LogP contribution is -2.24. The van der Waals surface area contributed by atoms with Gasteiger partial charge < -0.3 is 14.7 Å². The van der Waals surface area contributed by atoms with Crippen LogP contribution < -0.4 is 0 Å². The van der Waals surface area contributed by atoms with Gasteiger partial charge in [-0.25, -0.2) is 0 Å². The molecule has 0 saturated carbocycles. The van der Waals surface area contributed by atoms with Crippen molar-refractivity contribution in [2.45, 2.75) is 25.9 Å². The number of hydrogen-bond acceptors (Lipinski definition) is 3. The molecule has 0 aliphatic rings. The van der Waals surface area contributed by atoms with Crippen molar-refractivity contribution in [3.05, 3.63) is 0 Å². The SMILES string of the molecule is COC(C)CCCN(C)CCO. The molecule has 0 aliphatic heterocycles. The second-order valence-electron chi connectivity index (χ2n) is 3.22. The summed E-state index contributed by atoms with van der Waals surface area (Å²) in [5.74, 6) is 0. The van der Waals surface area contributed by atoms with Crippen molar-refractivity contribution in [3.8, 4) is 0 Å². The van der Waals surface area contributed by atoms with Crippen LogP contribution in [-0.4, -0.2) is 50.0 Å². The van der Waals surface area contributed by atoms with Gasteiger partial charge in [0.2, 0.25) is 0 Å². The van der Waals surface area contributed by atoms with E-state index in [1.165, 1.54) is 0 Å². The van der Waals surface area contributed by atoms with E-state index in [-0.39, 0.29) is 6.61 Å². The summed E-state index contributed by atoms with van der Waals surface area (Å²) >= 11 is 0. The number of ether oxygens (including phenoxy) is 1. The van der Waals surface area contributed by atoms with Gasteiger partial charge in [0.25, 0.3) is 0 Å². The number of rotatable bonds is 7. The van der Waals surface area contributed by atoms with E-state index in [0.717, 1.165) is 25.9 Å². The third kappa shape index (κ3) is 6.58. The molecular formula is C9H21NO2. The van der Waals surface area contributed by atoms with Gasteiger partial charge in [0.05, 0.1) is 12.7 Å². The normalized spacial score (nSPS) is 13.8. The maximum absolute atomic E-state index is 8.63. The molecule has 0 aliphatic carbocycles. The van der Waals surface area contributed by atoms with Gasteiger partial charge in [0.15, 0.2) is 0 Å². The number of methoxy groups -OCH3 is 1. The fourth-order valence-corrected chi connectivity index (χ4v) is 1.05. The Balaban J connectivity index is 3.18. The van der Waals surface area contributed by atoms with Gasteiger partial charge >= 0.3 is 0 Å². The summed E-state index contributed by atoms with van der Waals surface area (Å²) < 4.78 is 5.12. The van der Waals surface area contributed by atoms with Crippen molar-refractivity contribution in [2.75, 3.05) is 33.9 Å². The molecule has 0 amide bonds. The number of nitrogens with zero attached hydrogens (tertiary/aromatic N) is 1. The molecule has 1 unspecified atom stereocenters. The highest BCUT2D eigenvalue weighted by Crippen LogP contribution is 2.00. The van der Waals surface area contributed by atoms with Crippen LogP contribution in [0.5, 0.6) is 0 Å². The highest BCUT2D eigenvalue weighted by Gasteiger charge is 2.00. The van der Waals surface area contributed by atoms with E-state index in [4.69, 9.17) is 9.84 Å². The predicted molar refractivity (Wildman–Crippen MR) is 50.3 cm³/mol. The molecule has 0 aromatic heterocycles. The van der Waals surface area contributed by atoms with E-state index in [1.54, 1.807) is 7.11 Å². The van der Waals surface area contributed by atoms with Crippen LogP contribution in [0.15, 0.2) is 0 Å². The highest BCUT2D eigenvalue weighted by molar-refractivity contribution is 4.54. The maximum atomic E-state index is 8.63. The van der Waals surface area contributed by atoms with Gasteiger partial charge in [-0.1, -0.05) is 0 Å². The molecule has 1 atom stereocenters. The van der Waals surface area contributed by atoms with Crippen LogP contribution in [0.1, 0.15) is 19.8 Å². The van der Waals surface area contributed by atoms with Crippen LogP contribution in [-0.2, 0) is 4.74 Å². The predicted octanol–water partition coefficient (Wildman–Crippen LogP) is 0.726. The van der Waals surface area contributed by atoms with Crippen molar-refractivity contribution >= 4 is 0 Å². The first-order chi connectivity index (χ1) is 5.70. The fourth-order valence-electron chi connectivity index (χ4n) is 1.05. The number of aliphatic hydroxyl groups is 1. The lowest BCUT2D eigenvalue weighted by molar-refractivity contribution is 0.105. The Labute approximate surface area is 75.3 Å². The molecule has 0 aromatic rings. The van der Waals surface area contributed by atoms with E-state index in [0.29, 0.717) is 6.10 Å². The van der Waals surface area contributed by atoms with E-state index < -0.39 is 0 Å². The topological polar surface area (TPSA) is 32.7 Å². The van der Waals surface area contributed by atoms with Gasteiger partial charge in [-0.05, 0) is 33.4 Å². The molecule has 0 saturated heterocycles. The summed E-state index contributed by atoms with van der Waals surface area (Å²) in [6, 6.07) is 0. The molecule has 0 spiro atoms. The fraction of sp³-hybridized carbons (Fsp3) is 1.00. The standard InChI is InChI=1S/C9H21NO2/c1-9(12-3)5-4-6-10(2)7-8-11/h9,11H,4-8H2,1-3H3. The zero-order valence-electron chi connectivity index (χ0n) is 8.42. The molecule has 3 heteroatoms. The lowest BCUT2D eigenvalue weighted by Gasteiger charge is -2.16. The van der Waals surface area contributed by atoms with Gasteiger partial charge in [0, 0.05) is 13.7 Å². The largest absolute Gasteiger partial charge is 0.395 e. The van der Waals surface area contributed by atoms with Crippen molar-refractivity contribution in [2.24, 2.45) is 0 Å². The van der Waals surface area contributed by atoms with Crippen LogP contribution in [0.2, 0.25) is 0 Å². The first kappa shape index (κ1) is 11.9. The average Bonchev–Trinajstić information content (AvgIpc) is 2.04. The Kier molecular flexibility index (Phi) is 7.45. The van der Waals surface area contributed by atoms with Crippen molar-refractivity contribution in [1.82, 2.24) is 4.90 Å². The minimum absolute atomic E-state index is 0.246. The number of likely N-dealkylation sites (N-methyl/N-ethyl adjacent to an activating group) is 1. The molecule has 3 nitrogen and oxygen atoms in total. The molecule has 12 heavy (non-hydrogen) atoms. The van der Waals surface area contributed by atoms with E-state index in [1.807, 2.05) is 7.05 Å². The first-order valence-electron chi connectivity index (χ1n) is 4.53. The number of hydrogen-bond donors (Lipinski definition) is 1. The van der Waals surface area contributed by atoms with Crippen LogP contribution in [0.4, 0.5) is 0 Å². The van der Waals surface area contributed by atoms with Crippen LogP contribution >= 0.6 is 0 Å². The van der Waals surface area contributed by atoms with Gasteiger partial charge in [-0.15, -0.1) is 0 Å². The molecule has 0 aromatic carbocycles. The molecule has 0 rings (SSSR count). The van der Waals surface area contributed by atoms with Crippen LogP contribution in [0.25, 0.3) is 0 Å². The Morgan fingerprint density at radius 2 is 2.08 bits per heavy atom. The highest BCUT2D eigenvalue weighted by atomic mass is 16.5. The zero-order chi connectivity index (χ0) is 9.40. The van der Waals surface area contributed by atoms with Gasteiger partial charge in [0.1, 0.15) is 0 Å². The summed E-state index contributed by atoms with van der Waals surface area (Å²) in [5, 5.41) is 8.63. The van der Waals surface area contributed by atoms with Crippen LogP contribution in [0.3, 0.4) is 0 Å². The van der Waals surface area contributed by atoms with E-state index in [2.05, 4.69) is 11.8 Å². The first-order valence-corrected chi connectivity index (χ1v) is 4.53. The maximum Gasteiger partial charge on any atom is 0.0558 e. The zero-order valence-corrected chi connectivity index (χ0v) is 8.42. The average molecular weight is 175 g/mol.